The van der Waals surface area contributed by atoms with Gasteiger partial charge in [-0.05, 0) is 30.9 Å². The maximum Gasteiger partial charge on any atom is 0.306 e. The van der Waals surface area contributed by atoms with Gasteiger partial charge in [-0.3, -0.25) is 9.59 Å². The van der Waals surface area contributed by atoms with Crippen molar-refractivity contribution < 1.29 is 19.4 Å². The van der Waals surface area contributed by atoms with Gasteiger partial charge in [-0.2, -0.15) is 0 Å². The second-order valence-corrected chi connectivity index (χ2v) is 6.95. The van der Waals surface area contributed by atoms with Crippen molar-refractivity contribution in [2.75, 3.05) is 7.05 Å². The molecular formula is C23H29NO4. The van der Waals surface area contributed by atoms with Crippen LogP contribution in [0.1, 0.15) is 49.8 Å². The molecular weight excluding hydrogens is 354 g/mol. The van der Waals surface area contributed by atoms with Crippen LogP contribution in [-0.4, -0.2) is 35.0 Å². The summed E-state index contributed by atoms with van der Waals surface area (Å²) in [5.74, 6) is -0.294. The quantitative estimate of drug-likeness (QED) is 0.500. The van der Waals surface area contributed by atoms with Gasteiger partial charge in [0.15, 0.2) is 0 Å². The minimum absolute atomic E-state index is 0.0415. The van der Waals surface area contributed by atoms with Gasteiger partial charge >= 0.3 is 5.97 Å². The van der Waals surface area contributed by atoms with Gasteiger partial charge in [0.2, 0.25) is 5.91 Å². The lowest BCUT2D eigenvalue weighted by Crippen LogP contribution is -2.38. The summed E-state index contributed by atoms with van der Waals surface area (Å²) in [6.45, 7) is 2.10. The fourth-order valence-corrected chi connectivity index (χ4v) is 2.90. The van der Waals surface area contributed by atoms with E-state index in [2.05, 4.69) is 0 Å². The Bertz CT molecular complexity index is 733. The molecule has 0 heterocycles. The second kappa shape index (κ2) is 11.2. The molecule has 2 rings (SSSR count). The van der Waals surface area contributed by atoms with Crippen LogP contribution in [-0.2, 0) is 20.9 Å². The van der Waals surface area contributed by atoms with E-state index in [0.717, 1.165) is 11.1 Å². The molecule has 5 nitrogen and oxygen atoms in total. The number of hydrogen-bond acceptors (Lipinski definition) is 4. The number of aliphatic hydroxyl groups is 1. The Morgan fingerprint density at radius 2 is 1.54 bits per heavy atom. The summed E-state index contributed by atoms with van der Waals surface area (Å²) in [6.07, 6.45) is 1.11. The molecule has 0 radical (unpaired) electrons. The fourth-order valence-electron chi connectivity index (χ4n) is 2.90. The van der Waals surface area contributed by atoms with Gasteiger partial charge < -0.3 is 14.7 Å². The third-order valence-corrected chi connectivity index (χ3v) is 4.87. The SMILES string of the molecule is C[C@H]([C@H](O)c1ccccc1)N(C)C(=O)CCCCC(=O)OCc1ccccc1. The van der Waals surface area contributed by atoms with E-state index in [4.69, 9.17) is 4.74 Å². The second-order valence-electron chi connectivity index (χ2n) is 6.95. The minimum atomic E-state index is -0.733. The highest BCUT2D eigenvalue weighted by molar-refractivity contribution is 5.76. The predicted octanol–water partition coefficient (Wildman–Crippen LogP) is 3.87. The van der Waals surface area contributed by atoms with Crippen LogP contribution in [0.2, 0.25) is 0 Å². The number of likely N-dealkylation sites (N-methyl/N-ethyl adjacent to an activating group) is 1. The topological polar surface area (TPSA) is 66.8 Å². The number of esters is 1. The molecule has 0 bridgehead atoms. The smallest absolute Gasteiger partial charge is 0.306 e. The predicted molar refractivity (Wildman–Crippen MR) is 108 cm³/mol. The van der Waals surface area contributed by atoms with Gasteiger partial charge in [-0.25, -0.2) is 0 Å². The highest BCUT2D eigenvalue weighted by Gasteiger charge is 2.23. The fraction of sp³-hybridized carbons (Fsp3) is 0.391. The maximum atomic E-state index is 12.4. The number of hydrogen-bond donors (Lipinski definition) is 1. The number of ether oxygens (including phenoxy) is 1. The van der Waals surface area contributed by atoms with Crippen LogP contribution in [0.15, 0.2) is 60.7 Å². The molecule has 0 saturated carbocycles. The van der Waals surface area contributed by atoms with Crippen molar-refractivity contribution >= 4 is 11.9 Å². The lowest BCUT2D eigenvalue weighted by atomic mass is 10.0. The molecule has 0 aromatic heterocycles. The normalized spacial score (nSPS) is 12.8. The molecule has 2 atom stereocenters. The molecule has 1 amide bonds. The number of benzene rings is 2. The van der Waals surface area contributed by atoms with E-state index in [-0.39, 0.29) is 24.5 Å². The zero-order chi connectivity index (χ0) is 20.4. The number of rotatable bonds is 10. The van der Waals surface area contributed by atoms with Gasteiger partial charge in [0.25, 0.3) is 0 Å². The van der Waals surface area contributed by atoms with Crippen molar-refractivity contribution in [3.8, 4) is 0 Å². The van der Waals surface area contributed by atoms with Gasteiger partial charge in [0.1, 0.15) is 6.61 Å². The zero-order valence-corrected chi connectivity index (χ0v) is 16.6. The van der Waals surface area contributed by atoms with Crippen molar-refractivity contribution in [1.29, 1.82) is 0 Å². The van der Waals surface area contributed by atoms with Crippen molar-refractivity contribution in [1.82, 2.24) is 4.90 Å². The van der Waals surface area contributed by atoms with Crippen LogP contribution in [0.25, 0.3) is 0 Å². The summed E-state index contributed by atoms with van der Waals surface area (Å²) < 4.78 is 5.23. The molecule has 0 aliphatic heterocycles. The van der Waals surface area contributed by atoms with Gasteiger partial charge in [0.05, 0.1) is 12.1 Å². The Morgan fingerprint density at radius 3 is 2.18 bits per heavy atom. The van der Waals surface area contributed by atoms with Gasteiger partial charge in [0, 0.05) is 19.9 Å². The highest BCUT2D eigenvalue weighted by atomic mass is 16.5. The van der Waals surface area contributed by atoms with Crippen molar-refractivity contribution in [3.05, 3.63) is 71.8 Å². The summed E-state index contributed by atoms with van der Waals surface area (Å²) in [5, 5.41) is 10.5. The molecule has 2 aromatic rings. The summed E-state index contributed by atoms with van der Waals surface area (Å²) in [7, 11) is 1.70. The molecule has 0 fully saturated rings. The van der Waals surface area contributed by atoms with E-state index in [0.29, 0.717) is 25.7 Å². The monoisotopic (exact) mass is 383 g/mol. The Labute approximate surface area is 166 Å². The van der Waals surface area contributed by atoms with Crippen LogP contribution in [0.5, 0.6) is 0 Å². The Morgan fingerprint density at radius 1 is 0.964 bits per heavy atom. The first-order valence-electron chi connectivity index (χ1n) is 9.67. The van der Waals surface area contributed by atoms with Crippen LogP contribution >= 0.6 is 0 Å². The highest BCUT2D eigenvalue weighted by Crippen LogP contribution is 2.20. The van der Waals surface area contributed by atoms with Gasteiger partial charge in [-0.15, -0.1) is 0 Å². The molecule has 28 heavy (non-hydrogen) atoms. The first-order valence-corrected chi connectivity index (χ1v) is 9.67. The first-order chi connectivity index (χ1) is 13.5. The van der Waals surface area contributed by atoms with Crippen LogP contribution in [0.4, 0.5) is 0 Å². The number of unbranched alkanes of at least 4 members (excludes halogenated alkanes) is 1. The van der Waals surface area contributed by atoms with Gasteiger partial charge in [-0.1, -0.05) is 60.7 Å². The molecule has 1 N–H and O–H groups in total. The number of amides is 1. The van der Waals surface area contributed by atoms with E-state index in [1.165, 1.54) is 0 Å². The molecule has 0 saturated heterocycles. The van der Waals surface area contributed by atoms with E-state index in [1.807, 2.05) is 67.6 Å². The standard InChI is InChI=1S/C23H29NO4/c1-18(23(27)20-13-7-4-8-14-20)24(2)21(25)15-9-10-16-22(26)28-17-19-11-5-3-6-12-19/h3-8,11-14,18,23,27H,9-10,15-17H2,1-2H3/t18-,23+/m1/s1. The number of carbonyl (C=O) groups excluding carboxylic acids is 2. The molecule has 2 aromatic carbocycles. The molecule has 0 unspecified atom stereocenters. The van der Waals surface area contributed by atoms with Crippen LogP contribution < -0.4 is 0 Å². The molecule has 0 aliphatic rings. The van der Waals surface area contributed by atoms with E-state index in [1.54, 1.807) is 11.9 Å². The number of carbonyl (C=O) groups is 2. The molecule has 5 heteroatoms. The first kappa shape index (κ1) is 21.6. The van der Waals surface area contributed by atoms with E-state index in [9.17, 15) is 14.7 Å². The van der Waals surface area contributed by atoms with Crippen LogP contribution in [0.3, 0.4) is 0 Å². The van der Waals surface area contributed by atoms with E-state index < -0.39 is 6.10 Å². The van der Waals surface area contributed by atoms with Crippen molar-refractivity contribution in [3.63, 3.8) is 0 Å². The molecule has 0 spiro atoms. The van der Waals surface area contributed by atoms with Crippen molar-refractivity contribution in [2.45, 2.75) is 51.4 Å². The average molecular weight is 383 g/mol. The zero-order valence-electron chi connectivity index (χ0n) is 16.6. The summed E-state index contributed by atoms with van der Waals surface area (Å²) >= 11 is 0. The Kier molecular flexibility index (Phi) is 8.69. The Hall–Kier alpha value is -2.66. The third kappa shape index (κ3) is 6.82. The molecule has 0 aliphatic carbocycles. The van der Waals surface area contributed by atoms with E-state index >= 15 is 0 Å². The molecule has 150 valence electrons. The lowest BCUT2D eigenvalue weighted by molar-refractivity contribution is -0.145. The number of aliphatic hydroxyl groups excluding tert-OH is 1. The summed E-state index contributed by atoms with van der Waals surface area (Å²) in [4.78, 5) is 25.7. The van der Waals surface area contributed by atoms with Crippen LogP contribution in [0, 0.1) is 0 Å². The summed E-state index contributed by atoms with van der Waals surface area (Å²) in [6, 6.07) is 18.5. The largest absolute Gasteiger partial charge is 0.461 e. The Balaban J connectivity index is 1.66. The average Bonchev–Trinajstić information content (AvgIpc) is 2.74. The summed E-state index contributed by atoms with van der Waals surface area (Å²) in [5.41, 5.74) is 1.74. The minimum Gasteiger partial charge on any atom is -0.461 e. The maximum absolute atomic E-state index is 12.4. The van der Waals surface area contributed by atoms with Crippen molar-refractivity contribution in [2.24, 2.45) is 0 Å². The third-order valence-electron chi connectivity index (χ3n) is 4.87. The number of nitrogens with zero attached hydrogens (tertiary/aromatic N) is 1. The lowest BCUT2D eigenvalue weighted by Gasteiger charge is -2.29.